The molecule has 0 saturated carbocycles. The third-order valence-electron chi connectivity index (χ3n) is 5.60. The molecular weight excluding hydrogens is 386 g/mol. The number of carbonyl (C=O) groups excluding carboxylic acids is 1. The topological polar surface area (TPSA) is 88.8 Å². The first-order chi connectivity index (χ1) is 14.3. The second-order valence-electron chi connectivity index (χ2n) is 7.59. The van der Waals surface area contributed by atoms with Crippen LogP contribution in [-0.2, 0) is 17.6 Å². The van der Waals surface area contributed by atoms with E-state index >= 15 is 0 Å². The van der Waals surface area contributed by atoms with Crippen LogP contribution in [0.5, 0.6) is 0 Å². The largest absolute Gasteiger partial charge is 0.354 e. The van der Waals surface area contributed by atoms with Crippen molar-refractivity contribution in [1.29, 1.82) is 0 Å². The summed E-state index contributed by atoms with van der Waals surface area (Å²) in [6.45, 7) is 1.53. The van der Waals surface area contributed by atoms with E-state index in [2.05, 4.69) is 30.4 Å². The molecule has 3 aromatic rings. The lowest BCUT2D eigenvalue weighted by Gasteiger charge is -2.32. The summed E-state index contributed by atoms with van der Waals surface area (Å²) in [5.41, 5.74) is 1.18. The van der Waals surface area contributed by atoms with Gasteiger partial charge in [0.2, 0.25) is 5.91 Å². The Morgan fingerprint density at radius 2 is 2.00 bits per heavy atom. The molecule has 1 unspecified atom stereocenters. The molecule has 0 radical (unpaired) electrons. The zero-order chi connectivity index (χ0) is 19.6. The number of amides is 1. The number of imidazole rings is 1. The van der Waals surface area contributed by atoms with Crippen molar-refractivity contribution in [3.05, 3.63) is 41.4 Å². The fraction of sp³-hybridized carbons (Fsp3) is 0.450. The molecule has 4 heterocycles. The molecule has 3 aromatic heterocycles. The molecule has 1 amide bonds. The van der Waals surface area contributed by atoms with Gasteiger partial charge in [-0.25, -0.2) is 9.97 Å². The van der Waals surface area contributed by atoms with Crippen molar-refractivity contribution < 1.29 is 4.79 Å². The first-order valence-electron chi connectivity index (χ1n) is 10.1. The van der Waals surface area contributed by atoms with Gasteiger partial charge in [-0.2, -0.15) is 0 Å². The van der Waals surface area contributed by atoms with Crippen LogP contribution in [0.1, 0.15) is 36.3 Å². The molecule has 8 nitrogen and oxygen atoms in total. The Hall–Kier alpha value is -2.81. The second kappa shape index (κ2) is 7.90. The number of aryl methyl sites for hydroxylation is 2. The number of rotatable bonds is 4. The van der Waals surface area contributed by atoms with Crippen LogP contribution < -0.4 is 10.2 Å². The van der Waals surface area contributed by atoms with E-state index in [-0.39, 0.29) is 11.8 Å². The van der Waals surface area contributed by atoms with Crippen LogP contribution >= 0.6 is 11.3 Å². The van der Waals surface area contributed by atoms with E-state index in [1.165, 1.54) is 23.4 Å². The number of anilines is 2. The summed E-state index contributed by atoms with van der Waals surface area (Å²) in [5.74, 6) is 1.52. The monoisotopic (exact) mass is 409 g/mol. The van der Waals surface area contributed by atoms with Crippen LogP contribution in [0.4, 0.5) is 10.9 Å². The molecule has 1 fully saturated rings. The third kappa shape index (κ3) is 3.87. The summed E-state index contributed by atoms with van der Waals surface area (Å²) in [6, 6.07) is 3.88. The zero-order valence-corrected chi connectivity index (χ0v) is 16.9. The average Bonchev–Trinajstić information content (AvgIpc) is 3.43. The minimum Gasteiger partial charge on any atom is -0.354 e. The maximum Gasteiger partial charge on any atom is 0.231 e. The lowest BCUT2D eigenvalue weighted by Crippen LogP contribution is -2.41. The molecule has 0 spiro atoms. The van der Waals surface area contributed by atoms with Gasteiger partial charge in [-0.1, -0.05) is 0 Å². The van der Waals surface area contributed by atoms with E-state index in [0.29, 0.717) is 6.54 Å². The number of nitrogens with zero attached hydrogens (tertiary/aromatic N) is 6. The summed E-state index contributed by atoms with van der Waals surface area (Å²) < 4.78 is 1.82. The molecule has 2 aliphatic rings. The quantitative estimate of drug-likeness (QED) is 0.713. The minimum atomic E-state index is -0.0696. The average molecular weight is 410 g/mol. The van der Waals surface area contributed by atoms with Crippen molar-refractivity contribution >= 4 is 28.2 Å². The number of carbonyl (C=O) groups is 1. The van der Waals surface area contributed by atoms with Gasteiger partial charge in [0.25, 0.3) is 0 Å². The van der Waals surface area contributed by atoms with Crippen molar-refractivity contribution in [1.82, 2.24) is 24.7 Å². The van der Waals surface area contributed by atoms with Gasteiger partial charge in [0.1, 0.15) is 6.33 Å². The van der Waals surface area contributed by atoms with Crippen molar-refractivity contribution in [2.45, 2.75) is 38.5 Å². The Morgan fingerprint density at radius 1 is 1.14 bits per heavy atom. The maximum atomic E-state index is 12.8. The summed E-state index contributed by atoms with van der Waals surface area (Å²) in [4.78, 5) is 25.0. The van der Waals surface area contributed by atoms with E-state index in [1.54, 1.807) is 23.9 Å². The highest BCUT2D eigenvalue weighted by molar-refractivity contribution is 7.15. The number of hydrogen-bond donors (Lipinski definition) is 1. The summed E-state index contributed by atoms with van der Waals surface area (Å²) in [7, 11) is 0. The molecule has 0 bridgehead atoms. The van der Waals surface area contributed by atoms with Crippen molar-refractivity contribution in [3.8, 4) is 5.82 Å². The van der Waals surface area contributed by atoms with E-state index in [0.717, 1.165) is 49.0 Å². The van der Waals surface area contributed by atoms with Gasteiger partial charge in [-0.15, -0.1) is 21.5 Å². The van der Waals surface area contributed by atoms with E-state index in [4.69, 9.17) is 0 Å². The summed E-state index contributed by atoms with van der Waals surface area (Å²) in [5, 5.41) is 12.5. The predicted octanol–water partition coefficient (Wildman–Crippen LogP) is 2.85. The molecule has 0 aromatic carbocycles. The standard InChI is InChI=1S/C20H23N7OS/c28-19(23-20-22-15-5-1-2-6-16(15)29-20)14-4-3-10-26(12-14)17-7-8-18(25-24-17)27-11-9-21-13-27/h7-9,11,13-14H,1-6,10,12H2,(H,22,23,28). The van der Waals surface area contributed by atoms with Crippen LogP contribution in [0.25, 0.3) is 5.82 Å². The lowest BCUT2D eigenvalue weighted by molar-refractivity contribution is -0.120. The van der Waals surface area contributed by atoms with Crippen LogP contribution in [-0.4, -0.2) is 43.7 Å². The zero-order valence-electron chi connectivity index (χ0n) is 16.1. The number of piperidine rings is 1. The van der Waals surface area contributed by atoms with Gasteiger partial charge in [0.15, 0.2) is 16.8 Å². The van der Waals surface area contributed by atoms with E-state index < -0.39 is 0 Å². The molecule has 29 heavy (non-hydrogen) atoms. The van der Waals surface area contributed by atoms with E-state index in [1.807, 2.05) is 22.9 Å². The molecule has 1 aliphatic carbocycles. The Balaban J connectivity index is 1.24. The molecule has 150 valence electrons. The number of nitrogens with one attached hydrogen (secondary N) is 1. The SMILES string of the molecule is O=C(Nc1nc2c(s1)CCCC2)C1CCCN(c2ccc(-n3ccnc3)nn2)C1. The fourth-order valence-electron chi connectivity index (χ4n) is 4.03. The number of thiazole rings is 1. The van der Waals surface area contributed by atoms with E-state index in [9.17, 15) is 4.79 Å². The Morgan fingerprint density at radius 3 is 2.79 bits per heavy atom. The molecule has 9 heteroatoms. The van der Waals surface area contributed by atoms with Gasteiger partial charge < -0.3 is 10.2 Å². The Labute approximate surface area is 173 Å². The minimum absolute atomic E-state index is 0.0591. The molecule has 1 atom stereocenters. The highest BCUT2D eigenvalue weighted by Crippen LogP contribution is 2.30. The van der Waals surface area contributed by atoms with Gasteiger partial charge >= 0.3 is 0 Å². The molecule has 1 aliphatic heterocycles. The van der Waals surface area contributed by atoms with Crippen LogP contribution in [0.3, 0.4) is 0 Å². The normalized spacial score (nSPS) is 19.0. The number of hydrogen-bond acceptors (Lipinski definition) is 7. The highest BCUT2D eigenvalue weighted by atomic mass is 32.1. The Bertz CT molecular complexity index is 959. The van der Waals surface area contributed by atoms with Crippen LogP contribution in [0.15, 0.2) is 30.9 Å². The molecular formula is C20H23N7OS. The summed E-state index contributed by atoms with van der Waals surface area (Å²) >= 11 is 1.64. The first-order valence-corrected chi connectivity index (χ1v) is 10.9. The van der Waals surface area contributed by atoms with Gasteiger partial charge in [-0.3, -0.25) is 9.36 Å². The smallest absolute Gasteiger partial charge is 0.231 e. The van der Waals surface area contributed by atoms with Crippen LogP contribution in [0, 0.1) is 5.92 Å². The molecule has 1 saturated heterocycles. The third-order valence-corrected chi connectivity index (χ3v) is 6.67. The van der Waals surface area contributed by atoms with Crippen LogP contribution in [0.2, 0.25) is 0 Å². The van der Waals surface area contributed by atoms with Gasteiger partial charge in [-0.05, 0) is 50.7 Å². The van der Waals surface area contributed by atoms with Crippen molar-refractivity contribution in [2.75, 3.05) is 23.3 Å². The Kier molecular flexibility index (Phi) is 4.97. The van der Waals surface area contributed by atoms with Crippen molar-refractivity contribution in [3.63, 3.8) is 0 Å². The summed E-state index contributed by atoms with van der Waals surface area (Å²) in [6.07, 6.45) is 11.6. The van der Waals surface area contributed by atoms with Gasteiger partial charge in [0, 0.05) is 30.4 Å². The lowest BCUT2D eigenvalue weighted by atomic mass is 9.97. The van der Waals surface area contributed by atoms with Gasteiger partial charge in [0.05, 0.1) is 11.6 Å². The maximum absolute atomic E-state index is 12.8. The predicted molar refractivity (Wildman–Crippen MR) is 111 cm³/mol. The second-order valence-corrected chi connectivity index (χ2v) is 8.67. The number of fused-ring (bicyclic) bond motifs is 1. The molecule has 1 N–H and O–H groups in total. The first kappa shape index (κ1) is 18.2. The van der Waals surface area contributed by atoms with Crippen molar-refractivity contribution in [2.24, 2.45) is 5.92 Å². The number of aromatic nitrogens is 5. The highest BCUT2D eigenvalue weighted by Gasteiger charge is 2.28. The fourth-order valence-corrected chi connectivity index (χ4v) is 5.08. The molecule has 5 rings (SSSR count).